The Kier molecular flexibility index (Phi) is 8.50. The number of anilines is 1. The Hall–Kier alpha value is -3.27. The van der Waals surface area contributed by atoms with Crippen molar-refractivity contribution in [3.63, 3.8) is 0 Å². The number of rotatable bonds is 5. The third-order valence-electron chi connectivity index (χ3n) is 6.57. The molecule has 36 heavy (non-hydrogen) atoms. The smallest absolute Gasteiger partial charge is 0.319 e. The van der Waals surface area contributed by atoms with E-state index in [2.05, 4.69) is 5.10 Å². The zero-order valence-corrected chi connectivity index (χ0v) is 21.2. The van der Waals surface area contributed by atoms with Crippen LogP contribution in [0.2, 0.25) is 0 Å². The van der Waals surface area contributed by atoms with E-state index >= 15 is 0 Å². The Morgan fingerprint density at radius 1 is 1.19 bits per heavy atom. The number of ether oxygens (including phenoxy) is 1. The highest BCUT2D eigenvalue weighted by molar-refractivity contribution is 6.00. The Labute approximate surface area is 210 Å². The van der Waals surface area contributed by atoms with Gasteiger partial charge >= 0.3 is 5.97 Å². The van der Waals surface area contributed by atoms with Crippen LogP contribution in [0.3, 0.4) is 0 Å². The number of aromatic nitrogens is 2. The second-order valence-electron chi connectivity index (χ2n) is 10.2. The summed E-state index contributed by atoms with van der Waals surface area (Å²) in [5.41, 5.74) is 17.9. The fraction of sp³-hybridized carbons (Fsp3) is 0.538. The Morgan fingerprint density at radius 3 is 2.42 bits per heavy atom. The van der Waals surface area contributed by atoms with Crippen molar-refractivity contribution < 1.29 is 23.5 Å². The van der Waals surface area contributed by atoms with Gasteiger partial charge in [-0.15, -0.1) is 0 Å². The molecule has 1 heterocycles. The van der Waals surface area contributed by atoms with Crippen molar-refractivity contribution >= 4 is 23.3 Å². The number of primary amides is 1. The first kappa shape index (κ1) is 27.3. The van der Waals surface area contributed by atoms with Crippen molar-refractivity contribution in [3.8, 4) is 5.69 Å². The summed E-state index contributed by atoms with van der Waals surface area (Å²) in [4.78, 5) is 34.7. The molecule has 0 saturated heterocycles. The van der Waals surface area contributed by atoms with Gasteiger partial charge in [-0.25, -0.2) is 9.07 Å². The number of nitrogens with two attached hydrogens (primary N) is 3. The van der Waals surface area contributed by atoms with Crippen molar-refractivity contribution in [2.24, 2.45) is 16.9 Å². The molecule has 2 aliphatic rings. The van der Waals surface area contributed by atoms with E-state index in [1.165, 1.54) is 31.4 Å². The highest BCUT2D eigenvalue weighted by atomic mass is 19.1. The second-order valence-corrected chi connectivity index (χ2v) is 10.2. The minimum Gasteiger partial charge on any atom is -0.461 e. The molecule has 0 atom stereocenters. The van der Waals surface area contributed by atoms with E-state index in [1.54, 1.807) is 4.68 Å². The summed E-state index contributed by atoms with van der Waals surface area (Å²) in [5, 5.41) is 4.51. The number of Topliss-reactive ketones (excluding diaryl/α,β-unsaturated/α-hetero) is 1. The van der Waals surface area contributed by atoms with E-state index in [9.17, 15) is 18.8 Å². The molecule has 2 aliphatic carbocycles. The first-order valence-electron chi connectivity index (χ1n) is 12.4. The number of carbonyl (C=O) groups is 3. The van der Waals surface area contributed by atoms with Gasteiger partial charge < -0.3 is 21.9 Å². The van der Waals surface area contributed by atoms with Crippen LogP contribution in [0.25, 0.3) is 5.69 Å². The molecule has 9 nitrogen and oxygen atoms in total. The van der Waals surface area contributed by atoms with Gasteiger partial charge in [0.2, 0.25) is 0 Å². The maximum Gasteiger partial charge on any atom is 0.319 e. The summed E-state index contributed by atoms with van der Waals surface area (Å²) in [6.07, 6.45) is 7.52. The summed E-state index contributed by atoms with van der Waals surface area (Å²) in [5.74, 6) is -1.94. The summed E-state index contributed by atoms with van der Waals surface area (Å²) >= 11 is 0. The predicted molar refractivity (Wildman–Crippen MR) is 134 cm³/mol. The highest BCUT2D eigenvalue weighted by Gasteiger charge is 2.36. The van der Waals surface area contributed by atoms with Gasteiger partial charge in [0.05, 0.1) is 34.7 Å². The number of benzene rings is 1. The lowest BCUT2D eigenvalue weighted by molar-refractivity contribution is -0.148. The summed E-state index contributed by atoms with van der Waals surface area (Å²) < 4.78 is 21.0. The molecule has 10 heteroatoms. The molecule has 0 aliphatic heterocycles. The van der Waals surface area contributed by atoms with Crippen LogP contribution >= 0.6 is 0 Å². The number of halogens is 1. The third-order valence-corrected chi connectivity index (χ3v) is 6.57. The molecule has 1 saturated carbocycles. The molecule has 0 unspecified atom stereocenters. The van der Waals surface area contributed by atoms with Crippen LogP contribution in [0, 0.1) is 11.2 Å². The Morgan fingerprint density at radius 2 is 1.86 bits per heavy atom. The topological polar surface area (TPSA) is 156 Å². The van der Waals surface area contributed by atoms with Gasteiger partial charge in [0.25, 0.3) is 5.91 Å². The number of fused-ring (bicyclic) bond motifs is 1. The van der Waals surface area contributed by atoms with E-state index in [4.69, 9.17) is 21.9 Å². The number of nitrogens with zero attached hydrogens (tertiary/aromatic N) is 2. The predicted octanol–water partition coefficient (Wildman–Crippen LogP) is 3.23. The summed E-state index contributed by atoms with van der Waals surface area (Å²) in [6, 6.07) is 2.64. The molecule has 1 fully saturated rings. The Bertz CT molecular complexity index is 1130. The average molecular weight is 502 g/mol. The number of ketones is 1. The number of carbonyl (C=O) groups excluding carboxylic acids is 3. The second kappa shape index (κ2) is 11.2. The van der Waals surface area contributed by atoms with Crippen LogP contribution in [0.5, 0.6) is 0 Å². The molecule has 0 bridgehead atoms. The SMILES string of the molecule is CCc1nn(-c2cc(N)c(C(N)=O)c(F)c2)c2c1C(=O)CC(C)(C)C2.NCC(=O)OC1CCCCC1. The maximum atomic E-state index is 14.3. The average Bonchev–Trinajstić information content (AvgIpc) is 3.17. The number of esters is 1. The largest absolute Gasteiger partial charge is 0.461 e. The molecule has 196 valence electrons. The maximum absolute atomic E-state index is 14.3. The quantitative estimate of drug-likeness (QED) is 0.419. The van der Waals surface area contributed by atoms with Crippen molar-refractivity contribution in [2.45, 2.75) is 78.2 Å². The minimum atomic E-state index is -0.922. The molecular formula is C26H36FN5O4. The first-order chi connectivity index (χ1) is 17.0. The van der Waals surface area contributed by atoms with E-state index < -0.39 is 11.7 Å². The molecule has 6 N–H and O–H groups in total. The molecule has 0 radical (unpaired) electrons. The monoisotopic (exact) mass is 501 g/mol. The van der Waals surface area contributed by atoms with Crippen LogP contribution in [-0.2, 0) is 22.4 Å². The molecule has 1 aromatic heterocycles. The van der Waals surface area contributed by atoms with Gasteiger partial charge in [0, 0.05) is 18.2 Å². The van der Waals surface area contributed by atoms with E-state index in [0.717, 1.165) is 18.5 Å². The van der Waals surface area contributed by atoms with Crippen molar-refractivity contribution in [2.75, 3.05) is 12.3 Å². The van der Waals surface area contributed by atoms with Crippen LogP contribution in [-0.4, -0.2) is 40.1 Å². The lowest BCUT2D eigenvalue weighted by Gasteiger charge is -2.29. The van der Waals surface area contributed by atoms with Gasteiger partial charge in [0.1, 0.15) is 11.9 Å². The summed E-state index contributed by atoms with van der Waals surface area (Å²) in [7, 11) is 0. The lowest BCUT2D eigenvalue weighted by Crippen LogP contribution is -2.28. The normalized spacial score (nSPS) is 17.1. The standard InChI is InChI=1S/C18H21FN4O2.C8H15NO2/c1-4-12-16-13(7-18(2,3)8-14(16)24)23(22-12)9-5-10(19)15(17(21)25)11(20)6-9;9-6-8(10)11-7-4-2-1-3-5-7/h5-6H,4,7-8,20H2,1-3H3,(H2,21,25);7H,1-6,9H2. The van der Waals surface area contributed by atoms with Crippen LogP contribution in [0.15, 0.2) is 12.1 Å². The fourth-order valence-electron chi connectivity index (χ4n) is 4.90. The number of aryl methyl sites for hydroxylation is 1. The zero-order valence-electron chi connectivity index (χ0n) is 21.2. The van der Waals surface area contributed by atoms with Crippen LogP contribution < -0.4 is 17.2 Å². The number of amides is 1. The van der Waals surface area contributed by atoms with E-state index in [1.807, 2.05) is 20.8 Å². The zero-order chi connectivity index (χ0) is 26.6. The van der Waals surface area contributed by atoms with Gasteiger partial charge in [-0.2, -0.15) is 5.10 Å². The van der Waals surface area contributed by atoms with E-state index in [0.29, 0.717) is 36.2 Å². The third kappa shape index (κ3) is 6.10. The summed E-state index contributed by atoms with van der Waals surface area (Å²) in [6.45, 7) is 5.96. The Balaban J connectivity index is 0.000000275. The molecular weight excluding hydrogens is 465 g/mol. The minimum absolute atomic E-state index is 0.0104. The van der Waals surface area contributed by atoms with Gasteiger partial charge in [-0.3, -0.25) is 14.4 Å². The van der Waals surface area contributed by atoms with Gasteiger partial charge in [-0.05, 0) is 50.0 Å². The van der Waals surface area contributed by atoms with Gasteiger partial charge in [-0.1, -0.05) is 27.2 Å². The van der Waals surface area contributed by atoms with Gasteiger partial charge in [0.15, 0.2) is 5.78 Å². The first-order valence-corrected chi connectivity index (χ1v) is 12.4. The fourth-order valence-corrected chi connectivity index (χ4v) is 4.90. The van der Waals surface area contributed by atoms with Crippen LogP contribution in [0.1, 0.15) is 91.4 Å². The van der Waals surface area contributed by atoms with Crippen LogP contribution in [0.4, 0.5) is 10.1 Å². The number of hydrogen-bond donors (Lipinski definition) is 3. The molecule has 1 aromatic carbocycles. The van der Waals surface area contributed by atoms with Crippen molar-refractivity contribution in [1.29, 1.82) is 0 Å². The lowest BCUT2D eigenvalue weighted by atomic mass is 9.75. The van der Waals surface area contributed by atoms with Crippen molar-refractivity contribution in [1.82, 2.24) is 9.78 Å². The van der Waals surface area contributed by atoms with Crippen molar-refractivity contribution in [3.05, 3.63) is 40.5 Å². The van der Waals surface area contributed by atoms with E-state index in [-0.39, 0.29) is 41.1 Å². The highest BCUT2D eigenvalue weighted by Crippen LogP contribution is 2.37. The number of nitrogen functional groups attached to an aromatic ring is 1. The number of hydrogen-bond acceptors (Lipinski definition) is 7. The molecule has 1 amide bonds. The molecule has 4 rings (SSSR count). The molecule has 2 aromatic rings. The molecule has 0 spiro atoms.